The van der Waals surface area contributed by atoms with E-state index in [0.29, 0.717) is 36.9 Å². The van der Waals surface area contributed by atoms with E-state index in [-0.39, 0.29) is 17.4 Å². The molecule has 0 spiro atoms. The van der Waals surface area contributed by atoms with E-state index in [4.69, 9.17) is 4.74 Å². The maximum Gasteiger partial charge on any atom is 0.254 e. The number of aromatic nitrogens is 1. The quantitative estimate of drug-likeness (QED) is 0.850. The highest BCUT2D eigenvalue weighted by atomic mass is 16.5. The fourth-order valence-electron chi connectivity index (χ4n) is 4.00. The van der Waals surface area contributed by atoms with Crippen molar-refractivity contribution in [2.45, 2.75) is 18.9 Å². The molecule has 1 aromatic heterocycles. The number of hydrogen-bond acceptors (Lipinski definition) is 3. The second kappa shape index (κ2) is 5.82. The van der Waals surface area contributed by atoms with E-state index in [1.807, 2.05) is 39.8 Å². The minimum Gasteiger partial charge on any atom is -0.497 e. The van der Waals surface area contributed by atoms with Gasteiger partial charge in [-0.15, -0.1) is 0 Å². The smallest absolute Gasteiger partial charge is 0.254 e. The molecule has 0 saturated carbocycles. The highest BCUT2D eigenvalue weighted by molar-refractivity contribution is 5.94. The van der Waals surface area contributed by atoms with Gasteiger partial charge in [-0.25, -0.2) is 0 Å². The number of benzene rings is 1. The molecule has 2 atom stereocenters. The lowest BCUT2D eigenvalue weighted by molar-refractivity contribution is 0.0594. The molecule has 1 fully saturated rings. The van der Waals surface area contributed by atoms with Crippen LogP contribution in [-0.4, -0.2) is 35.6 Å². The van der Waals surface area contributed by atoms with Gasteiger partial charge in [0.05, 0.1) is 7.11 Å². The minimum atomic E-state index is 0.0373. The van der Waals surface area contributed by atoms with Gasteiger partial charge in [0.1, 0.15) is 5.75 Å². The summed E-state index contributed by atoms with van der Waals surface area (Å²) in [6.07, 6.45) is 1.05. The van der Waals surface area contributed by atoms with Crippen molar-refractivity contribution in [3.63, 3.8) is 0 Å². The van der Waals surface area contributed by atoms with Crippen LogP contribution in [0.25, 0.3) is 0 Å². The third-order valence-electron chi connectivity index (χ3n) is 5.08. The van der Waals surface area contributed by atoms with Crippen molar-refractivity contribution in [1.82, 2.24) is 9.47 Å². The van der Waals surface area contributed by atoms with E-state index in [1.54, 1.807) is 19.2 Å². The van der Waals surface area contributed by atoms with Crippen molar-refractivity contribution in [1.29, 1.82) is 0 Å². The van der Waals surface area contributed by atoms with Crippen molar-refractivity contribution in [2.24, 2.45) is 5.92 Å². The summed E-state index contributed by atoms with van der Waals surface area (Å²) < 4.78 is 7.10. The van der Waals surface area contributed by atoms with E-state index < -0.39 is 0 Å². The number of pyridine rings is 1. The van der Waals surface area contributed by atoms with Crippen LogP contribution in [0.2, 0.25) is 0 Å². The van der Waals surface area contributed by atoms with E-state index in [2.05, 4.69) is 0 Å². The van der Waals surface area contributed by atoms with Crippen LogP contribution in [0.15, 0.2) is 47.3 Å². The van der Waals surface area contributed by atoms with E-state index in [9.17, 15) is 9.59 Å². The molecule has 124 valence electrons. The second-order valence-corrected chi connectivity index (χ2v) is 6.64. The summed E-state index contributed by atoms with van der Waals surface area (Å²) in [6, 6.07) is 12.7. The molecule has 0 aliphatic carbocycles. The SMILES string of the molecule is COc1cccc(C(=O)N2CC3CC(C2)c2cccc(=O)n2C3)c1. The monoisotopic (exact) mass is 324 g/mol. The molecule has 5 nitrogen and oxygen atoms in total. The highest BCUT2D eigenvalue weighted by Gasteiger charge is 2.36. The molecule has 2 bridgehead atoms. The Bertz CT molecular complexity index is 843. The number of hydrogen-bond donors (Lipinski definition) is 0. The number of fused-ring (bicyclic) bond motifs is 4. The number of likely N-dealkylation sites (tertiary alicyclic amines) is 1. The zero-order valence-electron chi connectivity index (χ0n) is 13.6. The molecule has 1 amide bonds. The lowest BCUT2D eigenvalue weighted by Crippen LogP contribution is -2.49. The van der Waals surface area contributed by atoms with Gasteiger partial charge in [0, 0.05) is 42.9 Å². The Morgan fingerprint density at radius 2 is 1.96 bits per heavy atom. The van der Waals surface area contributed by atoms with Gasteiger partial charge >= 0.3 is 0 Å². The standard InChI is InChI=1S/C19H20N2O3/c1-24-16-5-2-4-14(9-16)19(23)20-10-13-8-15(12-20)17-6-3-7-18(22)21(17)11-13/h2-7,9,13,15H,8,10-12H2,1H3. The zero-order valence-corrected chi connectivity index (χ0v) is 13.6. The molecule has 0 radical (unpaired) electrons. The van der Waals surface area contributed by atoms with Crippen molar-refractivity contribution in [2.75, 3.05) is 20.2 Å². The molecule has 0 N–H and O–H groups in total. The molecule has 2 aliphatic rings. The van der Waals surface area contributed by atoms with Gasteiger partial charge in [-0.05, 0) is 36.6 Å². The minimum absolute atomic E-state index is 0.0373. The molecule has 3 heterocycles. The van der Waals surface area contributed by atoms with Crippen LogP contribution in [0.1, 0.15) is 28.4 Å². The molecule has 1 saturated heterocycles. The number of nitrogens with zero attached hydrogens (tertiary/aromatic N) is 2. The van der Waals surface area contributed by atoms with Crippen LogP contribution in [0.4, 0.5) is 0 Å². The molecular weight excluding hydrogens is 304 g/mol. The summed E-state index contributed by atoms with van der Waals surface area (Å²) in [6.45, 7) is 2.07. The first kappa shape index (κ1) is 15.0. The molecule has 2 aliphatic heterocycles. The van der Waals surface area contributed by atoms with E-state index in [1.165, 1.54) is 0 Å². The van der Waals surface area contributed by atoms with Gasteiger partial charge < -0.3 is 14.2 Å². The van der Waals surface area contributed by atoms with E-state index in [0.717, 1.165) is 12.1 Å². The third kappa shape index (κ3) is 2.50. The largest absolute Gasteiger partial charge is 0.497 e. The van der Waals surface area contributed by atoms with Crippen LogP contribution in [0.5, 0.6) is 5.75 Å². The summed E-state index contributed by atoms with van der Waals surface area (Å²) in [5.41, 5.74) is 1.77. The number of carbonyl (C=O) groups is 1. The van der Waals surface area contributed by atoms with Crippen molar-refractivity contribution in [3.8, 4) is 5.75 Å². The number of amides is 1. The van der Waals surface area contributed by atoms with Gasteiger partial charge in [-0.2, -0.15) is 0 Å². The zero-order chi connectivity index (χ0) is 16.7. The number of piperidine rings is 1. The van der Waals surface area contributed by atoms with Crippen molar-refractivity contribution >= 4 is 5.91 Å². The first-order valence-electron chi connectivity index (χ1n) is 8.29. The summed E-state index contributed by atoms with van der Waals surface area (Å²) >= 11 is 0. The second-order valence-electron chi connectivity index (χ2n) is 6.64. The Hall–Kier alpha value is -2.56. The summed E-state index contributed by atoms with van der Waals surface area (Å²) in [5.74, 6) is 1.30. The number of ether oxygens (including phenoxy) is 1. The topological polar surface area (TPSA) is 51.5 Å². The fourth-order valence-corrected chi connectivity index (χ4v) is 4.00. The van der Waals surface area contributed by atoms with Crippen molar-refractivity contribution in [3.05, 3.63) is 64.1 Å². The number of methoxy groups -OCH3 is 1. The Balaban J connectivity index is 1.62. The first-order valence-corrected chi connectivity index (χ1v) is 8.29. The average Bonchev–Trinajstić information content (AvgIpc) is 2.62. The Morgan fingerprint density at radius 1 is 1.12 bits per heavy atom. The maximum atomic E-state index is 12.9. The molecule has 2 unspecified atom stereocenters. The summed E-state index contributed by atoms with van der Waals surface area (Å²) in [4.78, 5) is 26.9. The predicted octanol–water partition coefficient (Wildman–Crippen LogP) is 2.12. The molecule has 5 heteroatoms. The Kier molecular flexibility index (Phi) is 3.63. The molecule has 2 aromatic rings. The lowest BCUT2D eigenvalue weighted by Gasteiger charge is -2.42. The highest BCUT2D eigenvalue weighted by Crippen LogP contribution is 2.35. The molecule has 1 aromatic carbocycles. The lowest BCUT2D eigenvalue weighted by atomic mass is 9.83. The van der Waals surface area contributed by atoms with E-state index >= 15 is 0 Å². The number of rotatable bonds is 2. The van der Waals surface area contributed by atoms with Gasteiger partial charge in [0.25, 0.3) is 11.5 Å². The Labute approximate surface area is 140 Å². The molecular formula is C19H20N2O3. The predicted molar refractivity (Wildman–Crippen MR) is 90.4 cm³/mol. The van der Waals surface area contributed by atoms with Gasteiger partial charge in [-0.3, -0.25) is 9.59 Å². The molecule has 4 rings (SSSR count). The van der Waals surface area contributed by atoms with Crippen LogP contribution in [-0.2, 0) is 6.54 Å². The van der Waals surface area contributed by atoms with Crippen LogP contribution in [0, 0.1) is 5.92 Å². The van der Waals surface area contributed by atoms with Gasteiger partial charge in [-0.1, -0.05) is 12.1 Å². The van der Waals surface area contributed by atoms with Gasteiger partial charge in [0.15, 0.2) is 0 Å². The van der Waals surface area contributed by atoms with Gasteiger partial charge in [0.2, 0.25) is 0 Å². The average molecular weight is 324 g/mol. The maximum absolute atomic E-state index is 12.9. The molecule has 24 heavy (non-hydrogen) atoms. The van der Waals surface area contributed by atoms with Crippen LogP contribution in [0.3, 0.4) is 0 Å². The fraction of sp³-hybridized carbons (Fsp3) is 0.368. The summed E-state index contributed by atoms with van der Waals surface area (Å²) in [5, 5.41) is 0. The normalized spacial score (nSPS) is 22.0. The Morgan fingerprint density at radius 3 is 2.79 bits per heavy atom. The summed E-state index contributed by atoms with van der Waals surface area (Å²) in [7, 11) is 1.60. The third-order valence-corrected chi connectivity index (χ3v) is 5.08. The van der Waals surface area contributed by atoms with Crippen LogP contribution >= 0.6 is 0 Å². The van der Waals surface area contributed by atoms with Crippen molar-refractivity contribution < 1.29 is 9.53 Å². The first-order chi connectivity index (χ1) is 11.7. The van der Waals surface area contributed by atoms with Crippen LogP contribution < -0.4 is 10.3 Å². The number of carbonyl (C=O) groups excluding carboxylic acids is 1.